The second kappa shape index (κ2) is 5.22. The number of para-hydroxylation sites is 2. The zero-order valence-corrected chi connectivity index (χ0v) is 11.9. The molecule has 1 N–H and O–H groups in total. The normalized spacial score (nSPS) is 20.7. The van der Waals surface area contributed by atoms with Crippen LogP contribution in [-0.2, 0) is 11.3 Å². The summed E-state index contributed by atoms with van der Waals surface area (Å²) in [5.74, 6) is 0.940. The van der Waals surface area contributed by atoms with Gasteiger partial charge in [-0.1, -0.05) is 12.1 Å². The van der Waals surface area contributed by atoms with Gasteiger partial charge in [-0.3, -0.25) is 4.79 Å². The lowest BCUT2D eigenvalue weighted by Crippen LogP contribution is -2.42. The number of aryl methyl sites for hydroxylation is 1. The van der Waals surface area contributed by atoms with Gasteiger partial charge in [-0.25, -0.2) is 5.43 Å². The number of fused-ring (bicyclic) bond motifs is 2. The van der Waals surface area contributed by atoms with Crippen LogP contribution in [0.3, 0.4) is 0 Å². The summed E-state index contributed by atoms with van der Waals surface area (Å²) in [6, 6.07) is 11.3. The second-order valence-corrected chi connectivity index (χ2v) is 5.24. The monoisotopic (exact) mass is 297 g/mol. The summed E-state index contributed by atoms with van der Waals surface area (Å²) in [7, 11) is 0. The molecule has 6 heteroatoms. The first-order chi connectivity index (χ1) is 10.8. The maximum Gasteiger partial charge on any atom is 0.284 e. The number of carbonyl (C=O) groups is 1. The summed E-state index contributed by atoms with van der Waals surface area (Å²) in [6.07, 6.45) is 2.14. The second-order valence-electron chi connectivity index (χ2n) is 5.24. The first kappa shape index (κ1) is 12.9. The van der Waals surface area contributed by atoms with Crippen molar-refractivity contribution in [1.29, 1.82) is 0 Å². The third-order valence-corrected chi connectivity index (χ3v) is 3.82. The standard InChI is InChI=1S/C16H15N3O3/c20-16(15-10-21-13-5-1-2-6-14(13)22-15)18-17-11-7-9-19-8-3-4-12(11)19/h1-6,8,15H,7,9-10H2,(H,18,20). The number of nitrogens with one attached hydrogen (secondary N) is 1. The minimum absolute atomic E-state index is 0.185. The van der Waals surface area contributed by atoms with Crippen LogP contribution < -0.4 is 14.9 Å². The number of hydrogen-bond donors (Lipinski definition) is 1. The van der Waals surface area contributed by atoms with Crippen LogP contribution in [0.5, 0.6) is 11.5 Å². The Hall–Kier alpha value is -2.76. The largest absolute Gasteiger partial charge is 0.485 e. The number of hydrogen-bond acceptors (Lipinski definition) is 4. The maximum atomic E-state index is 12.2. The minimum atomic E-state index is -0.688. The van der Waals surface area contributed by atoms with Crippen LogP contribution in [0.4, 0.5) is 0 Å². The molecule has 112 valence electrons. The van der Waals surface area contributed by atoms with E-state index in [1.165, 1.54) is 0 Å². The molecule has 3 heterocycles. The summed E-state index contributed by atoms with van der Waals surface area (Å²) in [6.45, 7) is 1.08. The van der Waals surface area contributed by atoms with Crippen molar-refractivity contribution in [3.05, 3.63) is 48.3 Å². The number of aromatic nitrogens is 1. The highest BCUT2D eigenvalue weighted by molar-refractivity contribution is 6.01. The fraction of sp³-hybridized carbons (Fsp3) is 0.250. The molecule has 4 rings (SSSR count). The van der Waals surface area contributed by atoms with Crippen molar-refractivity contribution in [3.63, 3.8) is 0 Å². The number of hydrazone groups is 1. The third kappa shape index (κ3) is 2.22. The SMILES string of the molecule is O=C(NN=C1CCn2cccc21)C1COc2ccccc2O1. The van der Waals surface area contributed by atoms with E-state index in [9.17, 15) is 4.79 Å². The van der Waals surface area contributed by atoms with E-state index in [-0.39, 0.29) is 12.5 Å². The molecule has 6 nitrogen and oxygen atoms in total. The molecule has 1 unspecified atom stereocenters. The quantitative estimate of drug-likeness (QED) is 0.855. The summed E-state index contributed by atoms with van der Waals surface area (Å²) in [5, 5.41) is 4.23. The van der Waals surface area contributed by atoms with Gasteiger partial charge in [0.2, 0.25) is 6.10 Å². The van der Waals surface area contributed by atoms with E-state index in [4.69, 9.17) is 9.47 Å². The van der Waals surface area contributed by atoms with E-state index >= 15 is 0 Å². The Morgan fingerprint density at radius 3 is 3.00 bits per heavy atom. The van der Waals surface area contributed by atoms with Crippen LogP contribution in [-0.4, -0.2) is 28.9 Å². The predicted octanol–water partition coefficient (Wildman–Crippen LogP) is 1.55. The van der Waals surface area contributed by atoms with Gasteiger partial charge in [-0.15, -0.1) is 0 Å². The van der Waals surface area contributed by atoms with Crippen molar-refractivity contribution in [3.8, 4) is 11.5 Å². The summed E-state index contributed by atoms with van der Waals surface area (Å²) in [5.41, 5.74) is 4.52. The van der Waals surface area contributed by atoms with E-state index in [2.05, 4.69) is 15.1 Å². The van der Waals surface area contributed by atoms with Crippen molar-refractivity contribution in [1.82, 2.24) is 9.99 Å². The Kier molecular flexibility index (Phi) is 3.07. The molecule has 1 atom stereocenters. The summed E-state index contributed by atoms with van der Waals surface area (Å²) >= 11 is 0. The number of rotatable bonds is 2. The molecule has 2 aromatic rings. The van der Waals surface area contributed by atoms with Gasteiger partial charge in [0, 0.05) is 19.2 Å². The predicted molar refractivity (Wildman–Crippen MR) is 80.1 cm³/mol. The van der Waals surface area contributed by atoms with Gasteiger partial charge in [0.1, 0.15) is 6.61 Å². The van der Waals surface area contributed by atoms with Crippen LogP contribution in [0, 0.1) is 0 Å². The zero-order chi connectivity index (χ0) is 14.9. The van der Waals surface area contributed by atoms with Gasteiger partial charge < -0.3 is 14.0 Å². The molecule has 0 fully saturated rings. The topological polar surface area (TPSA) is 64.9 Å². The molecular formula is C16H15N3O3. The van der Waals surface area contributed by atoms with Gasteiger partial charge in [0.25, 0.3) is 5.91 Å². The molecule has 2 aliphatic rings. The van der Waals surface area contributed by atoms with E-state index in [1.807, 2.05) is 36.5 Å². The van der Waals surface area contributed by atoms with E-state index < -0.39 is 6.10 Å². The molecule has 0 spiro atoms. The van der Waals surface area contributed by atoms with Crippen molar-refractivity contribution in [2.75, 3.05) is 6.61 Å². The highest BCUT2D eigenvalue weighted by Gasteiger charge is 2.27. The van der Waals surface area contributed by atoms with Gasteiger partial charge in [-0.2, -0.15) is 5.10 Å². The molecular weight excluding hydrogens is 282 g/mol. The van der Waals surface area contributed by atoms with E-state index in [0.29, 0.717) is 11.5 Å². The molecule has 0 radical (unpaired) electrons. The van der Waals surface area contributed by atoms with Crippen LogP contribution in [0.2, 0.25) is 0 Å². The molecule has 1 aromatic heterocycles. The molecule has 0 saturated carbocycles. The summed E-state index contributed by atoms with van der Waals surface area (Å²) in [4.78, 5) is 12.2. The average molecular weight is 297 g/mol. The van der Waals surface area contributed by atoms with Crippen molar-refractivity contribution in [2.45, 2.75) is 19.1 Å². The lowest BCUT2D eigenvalue weighted by molar-refractivity contribution is -0.130. The molecule has 0 bridgehead atoms. The molecule has 0 saturated heterocycles. The number of amides is 1. The van der Waals surface area contributed by atoms with Gasteiger partial charge >= 0.3 is 0 Å². The fourth-order valence-corrected chi connectivity index (χ4v) is 2.68. The highest BCUT2D eigenvalue weighted by Crippen LogP contribution is 2.30. The molecule has 22 heavy (non-hydrogen) atoms. The Morgan fingerprint density at radius 2 is 2.09 bits per heavy atom. The first-order valence-electron chi connectivity index (χ1n) is 7.22. The number of benzene rings is 1. The molecule has 1 amide bonds. The van der Waals surface area contributed by atoms with Crippen molar-refractivity contribution in [2.24, 2.45) is 5.10 Å². The molecule has 0 aliphatic carbocycles. The van der Waals surface area contributed by atoms with E-state index in [1.54, 1.807) is 6.07 Å². The van der Waals surface area contributed by atoms with Crippen LogP contribution >= 0.6 is 0 Å². The van der Waals surface area contributed by atoms with Crippen LogP contribution in [0.1, 0.15) is 12.1 Å². The Bertz CT molecular complexity index is 751. The zero-order valence-electron chi connectivity index (χ0n) is 11.9. The van der Waals surface area contributed by atoms with Crippen LogP contribution in [0.15, 0.2) is 47.7 Å². The average Bonchev–Trinajstić information content (AvgIpc) is 3.16. The Labute approximate surface area is 127 Å². The third-order valence-electron chi connectivity index (χ3n) is 3.82. The molecule has 1 aromatic carbocycles. The maximum absolute atomic E-state index is 12.2. The molecule has 2 aliphatic heterocycles. The minimum Gasteiger partial charge on any atom is -0.485 e. The smallest absolute Gasteiger partial charge is 0.284 e. The fourth-order valence-electron chi connectivity index (χ4n) is 2.68. The number of nitrogens with zero attached hydrogens (tertiary/aromatic N) is 2. The van der Waals surface area contributed by atoms with Gasteiger partial charge in [0.05, 0.1) is 11.4 Å². The van der Waals surface area contributed by atoms with Crippen LogP contribution in [0.25, 0.3) is 0 Å². The van der Waals surface area contributed by atoms with Crippen molar-refractivity contribution >= 4 is 11.6 Å². The highest BCUT2D eigenvalue weighted by atomic mass is 16.6. The lowest BCUT2D eigenvalue weighted by Gasteiger charge is -2.24. The van der Waals surface area contributed by atoms with E-state index in [0.717, 1.165) is 24.4 Å². The number of carbonyl (C=O) groups excluding carboxylic acids is 1. The lowest BCUT2D eigenvalue weighted by atomic mass is 10.2. The van der Waals surface area contributed by atoms with Crippen molar-refractivity contribution < 1.29 is 14.3 Å². The Balaban J connectivity index is 1.44. The summed E-state index contributed by atoms with van der Waals surface area (Å²) < 4.78 is 13.3. The first-order valence-corrected chi connectivity index (χ1v) is 7.22. The number of ether oxygens (including phenoxy) is 2. The van der Waals surface area contributed by atoms with Gasteiger partial charge in [0.15, 0.2) is 11.5 Å². The Morgan fingerprint density at radius 1 is 1.23 bits per heavy atom. The van der Waals surface area contributed by atoms with Gasteiger partial charge in [-0.05, 0) is 24.3 Å².